The Morgan fingerprint density at radius 3 is 2.65 bits per heavy atom. The highest BCUT2D eigenvalue weighted by atomic mass is 16.3. The number of rotatable bonds is 2. The van der Waals surface area contributed by atoms with Crippen molar-refractivity contribution < 1.29 is 5.11 Å². The van der Waals surface area contributed by atoms with Gasteiger partial charge in [-0.3, -0.25) is 14.8 Å². The van der Waals surface area contributed by atoms with Crippen LogP contribution in [0.15, 0.2) is 18.5 Å². The van der Waals surface area contributed by atoms with Crippen LogP contribution in [0, 0.1) is 6.92 Å². The Kier molecular flexibility index (Phi) is 2.86. The van der Waals surface area contributed by atoms with Crippen molar-refractivity contribution in [3.05, 3.63) is 29.6 Å². The summed E-state index contributed by atoms with van der Waals surface area (Å²) in [5, 5.41) is 10.5. The molecular formula is C13H19N3O. The second-order valence-corrected chi connectivity index (χ2v) is 5.14. The van der Waals surface area contributed by atoms with Gasteiger partial charge in [-0.05, 0) is 12.5 Å². The van der Waals surface area contributed by atoms with E-state index in [4.69, 9.17) is 0 Å². The first kappa shape index (κ1) is 11.1. The molecule has 0 radical (unpaired) electrons. The van der Waals surface area contributed by atoms with Gasteiger partial charge in [-0.2, -0.15) is 0 Å². The van der Waals surface area contributed by atoms with Crippen molar-refractivity contribution in [2.75, 3.05) is 32.7 Å². The topological polar surface area (TPSA) is 39.6 Å². The van der Waals surface area contributed by atoms with E-state index in [9.17, 15) is 5.11 Å². The molecule has 3 saturated heterocycles. The molecule has 4 heteroatoms. The molecule has 4 nitrogen and oxygen atoms in total. The molecule has 3 fully saturated rings. The second-order valence-electron chi connectivity index (χ2n) is 5.14. The molecule has 2 atom stereocenters. The number of aryl methyl sites for hydroxylation is 1. The molecule has 17 heavy (non-hydrogen) atoms. The van der Waals surface area contributed by atoms with E-state index in [1.165, 1.54) is 0 Å². The van der Waals surface area contributed by atoms with E-state index in [1.54, 1.807) is 6.20 Å². The van der Waals surface area contributed by atoms with Crippen molar-refractivity contribution in [3.8, 4) is 0 Å². The number of piperazine rings is 3. The van der Waals surface area contributed by atoms with Gasteiger partial charge in [-0.1, -0.05) is 6.07 Å². The van der Waals surface area contributed by atoms with Crippen molar-refractivity contribution >= 4 is 0 Å². The highest BCUT2D eigenvalue weighted by molar-refractivity contribution is 5.21. The summed E-state index contributed by atoms with van der Waals surface area (Å²) < 4.78 is 0. The van der Waals surface area contributed by atoms with Crippen LogP contribution < -0.4 is 0 Å². The highest BCUT2D eigenvalue weighted by Crippen LogP contribution is 2.26. The van der Waals surface area contributed by atoms with E-state index in [-0.39, 0.29) is 6.04 Å². The first-order valence-electron chi connectivity index (χ1n) is 6.30. The van der Waals surface area contributed by atoms with Crippen LogP contribution in [0.25, 0.3) is 0 Å². The van der Waals surface area contributed by atoms with Gasteiger partial charge in [0.2, 0.25) is 0 Å². The Labute approximate surface area is 102 Å². The standard InChI is InChI=1S/C13H19N3O/c1-10-6-11(8-14-7-10)13(17)12-9-15-2-4-16(12)5-3-15/h6-8,12-13,17H,2-5,9H2,1H3. The largest absolute Gasteiger partial charge is 0.387 e. The summed E-state index contributed by atoms with van der Waals surface area (Å²) in [6, 6.07) is 2.28. The van der Waals surface area contributed by atoms with Gasteiger partial charge >= 0.3 is 0 Å². The zero-order valence-electron chi connectivity index (χ0n) is 10.2. The van der Waals surface area contributed by atoms with Crippen molar-refractivity contribution in [2.45, 2.75) is 19.1 Å². The van der Waals surface area contributed by atoms with Crippen LogP contribution in [0.4, 0.5) is 0 Å². The molecule has 0 aliphatic carbocycles. The van der Waals surface area contributed by atoms with Crippen LogP contribution >= 0.6 is 0 Å². The molecule has 4 heterocycles. The zero-order chi connectivity index (χ0) is 11.8. The van der Waals surface area contributed by atoms with Gasteiger partial charge in [0, 0.05) is 50.7 Å². The van der Waals surface area contributed by atoms with E-state index < -0.39 is 6.10 Å². The maximum absolute atomic E-state index is 10.5. The fraction of sp³-hybridized carbons (Fsp3) is 0.615. The third-order valence-corrected chi connectivity index (χ3v) is 3.92. The predicted molar refractivity (Wildman–Crippen MR) is 65.7 cm³/mol. The first-order chi connectivity index (χ1) is 8.24. The lowest BCUT2D eigenvalue weighted by atomic mass is 9.97. The minimum Gasteiger partial charge on any atom is -0.387 e. The van der Waals surface area contributed by atoms with Gasteiger partial charge in [-0.25, -0.2) is 0 Å². The Morgan fingerprint density at radius 2 is 2.06 bits per heavy atom. The Morgan fingerprint density at radius 1 is 1.29 bits per heavy atom. The minimum atomic E-state index is -0.412. The molecule has 0 amide bonds. The predicted octanol–water partition coefficient (Wildman–Crippen LogP) is 0.423. The molecule has 4 rings (SSSR count). The second kappa shape index (κ2) is 4.37. The Balaban J connectivity index is 1.80. The normalized spacial score (nSPS) is 33.6. The van der Waals surface area contributed by atoms with Crippen molar-refractivity contribution in [1.82, 2.24) is 14.8 Å². The number of hydrogen-bond acceptors (Lipinski definition) is 4. The van der Waals surface area contributed by atoms with E-state index in [2.05, 4.69) is 14.8 Å². The lowest BCUT2D eigenvalue weighted by Crippen LogP contribution is -2.62. The van der Waals surface area contributed by atoms with Crippen LogP contribution in [0.5, 0.6) is 0 Å². The first-order valence-corrected chi connectivity index (χ1v) is 6.30. The number of hydrogen-bond donors (Lipinski definition) is 1. The molecule has 3 aliphatic heterocycles. The quantitative estimate of drug-likeness (QED) is 0.804. The molecule has 0 saturated carbocycles. The Hall–Kier alpha value is -0.970. The van der Waals surface area contributed by atoms with Crippen LogP contribution in [0.2, 0.25) is 0 Å². The average Bonchev–Trinajstić information content (AvgIpc) is 2.39. The third-order valence-electron chi connectivity index (χ3n) is 3.92. The summed E-state index contributed by atoms with van der Waals surface area (Å²) in [5.41, 5.74) is 2.06. The lowest BCUT2D eigenvalue weighted by molar-refractivity contribution is -0.0471. The van der Waals surface area contributed by atoms with Crippen molar-refractivity contribution in [3.63, 3.8) is 0 Å². The van der Waals surface area contributed by atoms with E-state index in [1.807, 2.05) is 19.2 Å². The number of aromatic nitrogens is 1. The van der Waals surface area contributed by atoms with Gasteiger partial charge in [0.1, 0.15) is 0 Å². The molecule has 92 valence electrons. The van der Waals surface area contributed by atoms with E-state index in [0.717, 1.165) is 43.9 Å². The van der Waals surface area contributed by atoms with Gasteiger partial charge in [0.05, 0.1) is 12.1 Å². The summed E-state index contributed by atoms with van der Waals surface area (Å²) in [5.74, 6) is 0. The molecule has 2 unspecified atom stereocenters. The summed E-state index contributed by atoms with van der Waals surface area (Å²) in [6.07, 6.45) is 3.20. The fourth-order valence-electron chi connectivity index (χ4n) is 2.92. The summed E-state index contributed by atoms with van der Waals surface area (Å²) in [7, 11) is 0. The van der Waals surface area contributed by atoms with Gasteiger partial charge < -0.3 is 5.11 Å². The molecule has 2 bridgehead atoms. The van der Waals surface area contributed by atoms with Crippen molar-refractivity contribution in [1.29, 1.82) is 0 Å². The third kappa shape index (κ3) is 2.08. The van der Waals surface area contributed by atoms with Gasteiger partial charge in [-0.15, -0.1) is 0 Å². The highest BCUT2D eigenvalue weighted by Gasteiger charge is 2.36. The minimum absolute atomic E-state index is 0.237. The number of pyridine rings is 1. The van der Waals surface area contributed by atoms with Gasteiger partial charge in [0.25, 0.3) is 0 Å². The van der Waals surface area contributed by atoms with E-state index in [0.29, 0.717) is 0 Å². The molecule has 1 N–H and O–H groups in total. The molecule has 3 aliphatic rings. The molecule has 1 aromatic rings. The molecule has 0 spiro atoms. The van der Waals surface area contributed by atoms with Crippen LogP contribution in [0.3, 0.4) is 0 Å². The molecular weight excluding hydrogens is 214 g/mol. The maximum Gasteiger partial charge on any atom is 0.0972 e. The summed E-state index contributed by atoms with van der Waals surface area (Å²) >= 11 is 0. The molecule has 0 aromatic carbocycles. The summed E-state index contributed by atoms with van der Waals surface area (Å²) in [6.45, 7) is 7.46. The fourth-order valence-corrected chi connectivity index (χ4v) is 2.92. The average molecular weight is 233 g/mol. The smallest absolute Gasteiger partial charge is 0.0972 e. The lowest BCUT2D eigenvalue weighted by Gasteiger charge is -2.49. The number of aliphatic hydroxyl groups excluding tert-OH is 1. The Bertz CT molecular complexity index is 401. The SMILES string of the molecule is Cc1cncc(C(O)C2CN3CCN2CC3)c1. The molecule has 1 aromatic heterocycles. The van der Waals surface area contributed by atoms with E-state index >= 15 is 0 Å². The van der Waals surface area contributed by atoms with Crippen LogP contribution in [0.1, 0.15) is 17.2 Å². The maximum atomic E-state index is 10.5. The monoisotopic (exact) mass is 233 g/mol. The number of nitrogens with zero attached hydrogens (tertiary/aromatic N) is 3. The van der Waals surface area contributed by atoms with Crippen LogP contribution in [-0.2, 0) is 0 Å². The van der Waals surface area contributed by atoms with Gasteiger partial charge in [0.15, 0.2) is 0 Å². The van der Waals surface area contributed by atoms with Crippen molar-refractivity contribution in [2.24, 2.45) is 0 Å². The zero-order valence-corrected chi connectivity index (χ0v) is 10.2. The van der Waals surface area contributed by atoms with Crippen LogP contribution in [-0.4, -0.2) is 58.7 Å². The number of aliphatic hydroxyl groups is 1. The number of fused-ring (bicyclic) bond motifs is 3. The summed E-state index contributed by atoms with van der Waals surface area (Å²) in [4.78, 5) is 9.02.